The van der Waals surface area contributed by atoms with Gasteiger partial charge in [0.25, 0.3) is 5.69 Å². The number of hydrogen-bond donors (Lipinski definition) is 0. The van der Waals surface area contributed by atoms with Crippen LogP contribution in [-0.2, 0) is 6.61 Å². The standard InChI is InChI=1S/C21H14ClN3O3/c22-16-10-8-15(9-11-16)20-18-6-1-2-7-19(18)21(24-23-20)28-13-14-4-3-5-17(12-14)25(26)27/h1-12H,13H2. The third-order valence-electron chi connectivity index (χ3n) is 4.27. The van der Waals surface area contributed by atoms with Crippen molar-refractivity contribution < 1.29 is 9.66 Å². The third-order valence-corrected chi connectivity index (χ3v) is 4.52. The van der Waals surface area contributed by atoms with Gasteiger partial charge in [-0.3, -0.25) is 10.1 Å². The summed E-state index contributed by atoms with van der Waals surface area (Å²) in [5.74, 6) is 0.375. The number of hydrogen-bond acceptors (Lipinski definition) is 5. The maximum Gasteiger partial charge on any atom is 0.269 e. The highest BCUT2D eigenvalue weighted by atomic mass is 35.5. The first kappa shape index (κ1) is 17.9. The molecule has 7 heteroatoms. The largest absolute Gasteiger partial charge is 0.471 e. The molecule has 0 radical (unpaired) electrons. The molecule has 6 nitrogen and oxygen atoms in total. The number of fused-ring (bicyclic) bond motifs is 1. The van der Waals surface area contributed by atoms with Crippen molar-refractivity contribution in [2.75, 3.05) is 0 Å². The molecule has 28 heavy (non-hydrogen) atoms. The Morgan fingerprint density at radius 1 is 0.929 bits per heavy atom. The summed E-state index contributed by atoms with van der Waals surface area (Å²) in [6, 6.07) is 21.4. The average Bonchev–Trinajstić information content (AvgIpc) is 2.73. The van der Waals surface area contributed by atoms with Gasteiger partial charge < -0.3 is 4.74 Å². The van der Waals surface area contributed by atoms with E-state index in [0.29, 0.717) is 16.5 Å². The minimum Gasteiger partial charge on any atom is -0.471 e. The van der Waals surface area contributed by atoms with E-state index in [2.05, 4.69) is 10.2 Å². The van der Waals surface area contributed by atoms with Crippen molar-refractivity contribution in [1.29, 1.82) is 0 Å². The number of benzene rings is 3. The molecule has 0 bridgehead atoms. The van der Waals surface area contributed by atoms with Crippen LogP contribution in [0.4, 0.5) is 5.69 Å². The van der Waals surface area contributed by atoms with Crippen LogP contribution < -0.4 is 4.74 Å². The molecule has 0 unspecified atom stereocenters. The van der Waals surface area contributed by atoms with E-state index in [1.807, 2.05) is 36.4 Å². The zero-order valence-electron chi connectivity index (χ0n) is 14.6. The lowest BCUT2D eigenvalue weighted by molar-refractivity contribution is -0.384. The van der Waals surface area contributed by atoms with E-state index >= 15 is 0 Å². The van der Waals surface area contributed by atoms with Gasteiger partial charge in [0.15, 0.2) is 0 Å². The lowest BCUT2D eigenvalue weighted by Gasteiger charge is -2.11. The summed E-state index contributed by atoms with van der Waals surface area (Å²) in [5.41, 5.74) is 2.34. The number of nitro benzene ring substituents is 1. The van der Waals surface area contributed by atoms with Gasteiger partial charge in [-0.1, -0.05) is 54.1 Å². The van der Waals surface area contributed by atoms with Crippen LogP contribution in [0.5, 0.6) is 5.88 Å². The minimum atomic E-state index is -0.431. The molecule has 138 valence electrons. The van der Waals surface area contributed by atoms with Crippen molar-refractivity contribution in [3.63, 3.8) is 0 Å². The zero-order chi connectivity index (χ0) is 19.5. The van der Waals surface area contributed by atoms with E-state index in [4.69, 9.17) is 16.3 Å². The minimum absolute atomic E-state index is 0.0233. The van der Waals surface area contributed by atoms with Gasteiger partial charge in [0, 0.05) is 33.5 Å². The van der Waals surface area contributed by atoms with Crippen molar-refractivity contribution in [3.05, 3.63) is 93.5 Å². The van der Waals surface area contributed by atoms with Gasteiger partial charge in [-0.25, -0.2) is 0 Å². The fourth-order valence-corrected chi connectivity index (χ4v) is 3.04. The Kier molecular flexibility index (Phi) is 4.87. The lowest BCUT2D eigenvalue weighted by atomic mass is 10.1. The van der Waals surface area contributed by atoms with Crippen molar-refractivity contribution in [3.8, 4) is 17.1 Å². The fourth-order valence-electron chi connectivity index (χ4n) is 2.92. The Hall–Kier alpha value is -3.51. The molecule has 4 rings (SSSR count). The Balaban J connectivity index is 1.67. The number of nitrogens with zero attached hydrogens (tertiary/aromatic N) is 3. The van der Waals surface area contributed by atoms with Crippen LogP contribution in [0.3, 0.4) is 0 Å². The number of aromatic nitrogens is 2. The van der Waals surface area contributed by atoms with E-state index in [-0.39, 0.29) is 12.3 Å². The van der Waals surface area contributed by atoms with Gasteiger partial charge in [-0.15, -0.1) is 10.2 Å². The highest BCUT2D eigenvalue weighted by Crippen LogP contribution is 2.31. The number of ether oxygens (including phenoxy) is 1. The SMILES string of the molecule is O=[N+]([O-])c1cccc(COc2nnc(-c3ccc(Cl)cc3)c3ccccc23)c1. The van der Waals surface area contributed by atoms with Gasteiger partial charge in [-0.2, -0.15) is 0 Å². The Bertz CT molecular complexity index is 1160. The van der Waals surface area contributed by atoms with Crippen LogP contribution in [0.25, 0.3) is 22.0 Å². The molecule has 3 aromatic carbocycles. The summed E-state index contributed by atoms with van der Waals surface area (Å²) >= 11 is 5.97. The molecule has 0 saturated heterocycles. The monoisotopic (exact) mass is 391 g/mol. The van der Waals surface area contributed by atoms with Crippen LogP contribution >= 0.6 is 11.6 Å². The van der Waals surface area contributed by atoms with Gasteiger partial charge in [0.1, 0.15) is 12.3 Å². The number of halogens is 1. The number of non-ortho nitro benzene ring substituents is 1. The quantitative estimate of drug-likeness (QED) is 0.334. The molecule has 1 heterocycles. The molecule has 4 aromatic rings. The molecule has 0 fully saturated rings. The first-order valence-electron chi connectivity index (χ1n) is 8.49. The van der Waals surface area contributed by atoms with Gasteiger partial charge in [0.2, 0.25) is 5.88 Å². The summed E-state index contributed by atoms with van der Waals surface area (Å²) in [4.78, 5) is 10.5. The summed E-state index contributed by atoms with van der Waals surface area (Å²) in [6.45, 7) is 0.153. The van der Waals surface area contributed by atoms with Crippen molar-refractivity contribution >= 4 is 28.1 Å². The zero-order valence-corrected chi connectivity index (χ0v) is 15.3. The number of nitro groups is 1. The Morgan fingerprint density at radius 2 is 1.68 bits per heavy atom. The van der Waals surface area contributed by atoms with Crippen molar-refractivity contribution in [2.45, 2.75) is 6.61 Å². The average molecular weight is 392 g/mol. The van der Waals surface area contributed by atoms with Crippen LogP contribution in [-0.4, -0.2) is 15.1 Å². The van der Waals surface area contributed by atoms with Gasteiger partial charge >= 0.3 is 0 Å². The predicted molar refractivity (Wildman–Crippen MR) is 107 cm³/mol. The second-order valence-electron chi connectivity index (χ2n) is 6.12. The Morgan fingerprint density at radius 3 is 2.43 bits per heavy atom. The Labute approximate surface area is 165 Å². The van der Waals surface area contributed by atoms with Gasteiger partial charge in [0.05, 0.1) is 4.92 Å². The first-order valence-corrected chi connectivity index (χ1v) is 8.87. The first-order chi connectivity index (χ1) is 13.6. The normalized spacial score (nSPS) is 10.8. The smallest absolute Gasteiger partial charge is 0.269 e. The second-order valence-corrected chi connectivity index (χ2v) is 6.56. The molecule has 0 atom stereocenters. The molecule has 0 saturated carbocycles. The van der Waals surface area contributed by atoms with E-state index in [9.17, 15) is 10.1 Å². The summed E-state index contributed by atoms with van der Waals surface area (Å²) in [6.07, 6.45) is 0. The summed E-state index contributed by atoms with van der Waals surface area (Å²) < 4.78 is 5.83. The van der Waals surface area contributed by atoms with Crippen LogP contribution in [0.15, 0.2) is 72.8 Å². The van der Waals surface area contributed by atoms with Crippen LogP contribution in [0, 0.1) is 10.1 Å². The predicted octanol–water partition coefficient (Wildman–Crippen LogP) is 5.44. The summed E-state index contributed by atoms with van der Waals surface area (Å²) in [7, 11) is 0. The number of rotatable bonds is 5. The second kappa shape index (κ2) is 7.62. The molecule has 0 spiro atoms. The highest BCUT2D eigenvalue weighted by Gasteiger charge is 2.13. The maximum atomic E-state index is 10.9. The van der Waals surface area contributed by atoms with E-state index in [1.165, 1.54) is 12.1 Å². The van der Waals surface area contributed by atoms with Crippen molar-refractivity contribution in [2.24, 2.45) is 0 Å². The topological polar surface area (TPSA) is 78.2 Å². The molecule has 0 aliphatic heterocycles. The lowest BCUT2D eigenvalue weighted by Crippen LogP contribution is -2.01. The van der Waals surface area contributed by atoms with E-state index in [1.54, 1.807) is 24.3 Å². The molecule has 0 N–H and O–H groups in total. The van der Waals surface area contributed by atoms with Crippen LogP contribution in [0.1, 0.15) is 5.56 Å². The van der Waals surface area contributed by atoms with E-state index in [0.717, 1.165) is 22.0 Å². The molecule has 0 amide bonds. The molecule has 0 aliphatic carbocycles. The molecular formula is C21H14ClN3O3. The van der Waals surface area contributed by atoms with Crippen LogP contribution in [0.2, 0.25) is 5.02 Å². The third kappa shape index (κ3) is 3.63. The fraction of sp³-hybridized carbons (Fsp3) is 0.0476. The highest BCUT2D eigenvalue weighted by molar-refractivity contribution is 6.30. The molecular weight excluding hydrogens is 378 g/mol. The van der Waals surface area contributed by atoms with Crippen molar-refractivity contribution in [1.82, 2.24) is 10.2 Å². The van der Waals surface area contributed by atoms with E-state index < -0.39 is 4.92 Å². The summed E-state index contributed by atoms with van der Waals surface area (Å²) in [5, 5.41) is 21.9. The van der Waals surface area contributed by atoms with Gasteiger partial charge in [-0.05, 0) is 23.8 Å². The maximum absolute atomic E-state index is 10.9. The molecule has 0 aliphatic rings. The molecule has 1 aromatic heterocycles.